The van der Waals surface area contributed by atoms with Crippen LogP contribution in [0, 0.1) is 0 Å². The summed E-state index contributed by atoms with van der Waals surface area (Å²) in [5, 5.41) is 14.9. The van der Waals surface area contributed by atoms with Crippen molar-refractivity contribution in [2.45, 2.75) is 9.92 Å². The Hall–Kier alpha value is -2.42. The van der Waals surface area contributed by atoms with Gasteiger partial charge in [-0.05, 0) is 12.1 Å². The molecule has 0 fully saturated rings. The highest BCUT2D eigenvalue weighted by atomic mass is 32.2. The zero-order chi connectivity index (χ0) is 13.3. The Kier molecular flexibility index (Phi) is 2.75. The molecular formula is C9H8N4O4S. The minimum absolute atomic E-state index is 0.106. The molecule has 0 atom stereocenters. The lowest BCUT2D eigenvalue weighted by molar-refractivity contribution is 0.245. The molecule has 18 heavy (non-hydrogen) atoms. The number of amides is 1. The Morgan fingerprint density at radius 3 is 2.44 bits per heavy atom. The summed E-state index contributed by atoms with van der Waals surface area (Å²) in [4.78, 5) is 10.9. The molecule has 9 heteroatoms. The molecule has 0 aliphatic heterocycles. The number of sulfone groups is 1. The number of carbonyl (C=O) groups excluding carboxylic acids is 1. The normalized spacial score (nSPS) is 11.3. The number of rotatable bonds is 2. The Bertz CT molecular complexity index is 693. The average molecular weight is 268 g/mol. The molecule has 0 saturated heterocycles. The molecule has 0 aliphatic rings. The summed E-state index contributed by atoms with van der Waals surface area (Å²) in [6.45, 7) is 0. The highest BCUT2D eigenvalue weighted by Gasteiger charge is 2.30. The van der Waals surface area contributed by atoms with Gasteiger partial charge in [0.05, 0.1) is 4.90 Å². The third-order valence-corrected chi connectivity index (χ3v) is 3.89. The smallest absolute Gasteiger partial charge is 0.342 e. The number of nitrogens with zero attached hydrogens (tertiary/aromatic N) is 3. The number of aromatic hydroxyl groups is 1. The number of hydrogen-bond acceptors (Lipinski definition) is 6. The van der Waals surface area contributed by atoms with E-state index in [9.17, 15) is 18.3 Å². The fourth-order valence-corrected chi connectivity index (χ4v) is 2.73. The van der Waals surface area contributed by atoms with Gasteiger partial charge in [-0.25, -0.2) is 13.2 Å². The zero-order valence-corrected chi connectivity index (χ0v) is 9.70. The van der Waals surface area contributed by atoms with E-state index in [0.717, 1.165) is 0 Å². The summed E-state index contributed by atoms with van der Waals surface area (Å²) in [6, 6.07) is 6.10. The number of primary amides is 1. The molecule has 2 aromatic rings. The molecular weight excluding hydrogens is 260 g/mol. The van der Waals surface area contributed by atoms with Crippen molar-refractivity contribution in [3.05, 3.63) is 30.3 Å². The number of aromatic nitrogens is 3. The summed E-state index contributed by atoms with van der Waals surface area (Å²) in [7, 11) is -4.11. The Labute approximate surface area is 102 Å². The first-order valence-corrected chi connectivity index (χ1v) is 6.17. The number of nitrogens with two attached hydrogens (primary N) is 1. The minimum Gasteiger partial charge on any atom is -0.490 e. The van der Waals surface area contributed by atoms with E-state index in [1.807, 2.05) is 0 Å². The molecule has 0 spiro atoms. The van der Waals surface area contributed by atoms with Crippen LogP contribution in [0.1, 0.15) is 0 Å². The SMILES string of the molecule is NC(=O)n1nnc(O)c1S(=O)(=O)c1ccccc1. The fraction of sp³-hybridized carbons (Fsp3) is 0. The van der Waals surface area contributed by atoms with Crippen molar-refractivity contribution in [3.8, 4) is 5.88 Å². The van der Waals surface area contributed by atoms with E-state index in [1.54, 1.807) is 6.07 Å². The molecule has 1 amide bonds. The van der Waals surface area contributed by atoms with Crippen LogP contribution in [0.4, 0.5) is 4.79 Å². The van der Waals surface area contributed by atoms with Gasteiger partial charge in [-0.2, -0.15) is 0 Å². The van der Waals surface area contributed by atoms with Crippen LogP contribution in [0.25, 0.3) is 0 Å². The van der Waals surface area contributed by atoms with Crippen LogP contribution in [-0.2, 0) is 9.84 Å². The predicted molar refractivity (Wildman–Crippen MR) is 58.6 cm³/mol. The monoisotopic (exact) mass is 268 g/mol. The molecule has 0 bridgehead atoms. The lowest BCUT2D eigenvalue weighted by Gasteiger charge is -2.04. The maximum Gasteiger partial charge on any atom is 0.342 e. The molecule has 0 radical (unpaired) electrons. The van der Waals surface area contributed by atoms with Crippen molar-refractivity contribution in [1.29, 1.82) is 0 Å². The number of benzene rings is 1. The van der Waals surface area contributed by atoms with E-state index in [4.69, 9.17) is 5.73 Å². The molecule has 2 rings (SSSR count). The Morgan fingerprint density at radius 2 is 1.89 bits per heavy atom. The zero-order valence-electron chi connectivity index (χ0n) is 8.89. The summed E-state index contributed by atoms with van der Waals surface area (Å²) >= 11 is 0. The summed E-state index contributed by atoms with van der Waals surface area (Å²) < 4.78 is 24.7. The van der Waals surface area contributed by atoms with Crippen LogP contribution in [0.15, 0.2) is 40.3 Å². The van der Waals surface area contributed by atoms with E-state index in [1.165, 1.54) is 24.3 Å². The van der Waals surface area contributed by atoms with E-state index in [-0.39, 0.29) is 4.90 Å². The van der Waals surface area contributed by atoms with Crippen LogP contribution in [0.2, 0.25) is 0 Å². The van der Waals surface area contributed by atoms with E-state index in [2.05, 4.69) is 10.3 Å². The van der Waals surface area contributed by atoms with Crippen LogP contribution in [0.3, 0.4) is 0 Å². The third-order valence-electron chi connectivity index (χ3n) is 2.13. The molecule has 94 valence electrons. The number of hydrogen-bond donors (Lipinski definition) is 2. The molecule has 0 saturated carbocycles. The van der Waals surface area contributed by atoms with E-state index in [0.29, 0.717) is 4.68 Å². The Morgan fingerprint density at radius 1 is 1.28 bits per heavy atom. The summed E-state index contributed by atoms with van der Waals surface area (Å²) in [5.74, 6) is -0.877. The van der Waals surface area contributed by atoms with Crippen molar-refractivity contribution in [1.82, 2.24) is 15.0 Å². The van der Waals surface area contributed by atoms with Crippen LogP contribution in [-0.4, -0.2) is 34.5 Å². The van der Waals surface area contributed by atoms with Gasteiger partial charge in [0.25, 0.3) is 5.88 Å². The van der Waals surface area contributed by atoms with Gasteiger partial charge in [-0.15, -0.1) is 4.68 Å². The van der Waals surface area contributed by atoms with Gasteiger partial charge in [0.1, 0.15) is 0 Å². The lowest BCUT2D eigenvalue weighted by Crippen LogP contribution is -2.24. The summed E-state index contributed by atoms with van der Waals surface area (Å²) in [6.07, 6.45) is 0. The first-order chi connectivity index (χ1) is 8.44. The largest absolute Gasteiger partial charge is 0.490 e. The second kappa shape index (κ2) is 4.11. The standard InChI is InChI=1S/C9H8N4O4S/c10-9(15)13-8(7(14)11-12-13)18(16,17)6-4-2-1-3-5-6/h1-5,14H,(H2,10,15). The summed E-state index contributed by atoms with van der Waals surface area (Å²) in [5.41, 5.74) is 4.95. The third kappa shape index (κ3) is 1.80. The average Bonchev–Trinajstić information content (AvgIpc) is 2.73. The topological polar surface area (TPSA) is 128 Å². The maximum atomic E-state index is 12.2. The first kappa shape index (κ1) is 12.0. The second-order valence-corrected chi connectivity index (χ2v) is 5.15. The minimum atomic E-state index is -4.11. The van der Waals surface area contributed by atoms with Crippen molar-refractivity contribution >= 4 is 15.9 Å². The van der Waals surface area contributed by atoms with Crippen molar-refractivity contribution in [3.63, 3.8) is 0 Å². The fourth-order valence-electron chi connectivity index (χ4n) is 1.35. The lowest BCUT2D eigenvalue weighted by atomic mass is 10.4. The molecule has 1 aromatic heterocycles. The molecule has 0 aliphatic carbocycles. The molecule has 0 unspecified atom stereocenters. The van der Waals surface area contributed by atoms with Crippen molar-refractivity contribution in [2.75, 3.05) is 0 Å². The molecule has 1 heterocycles. The van der Waals surface area contributed by atoms with E-state index < -0.39 is 26.8 Å². The van der Waals surface area contributed by atoms with Crippen LogP contribution in [0.5, 0.6) is 5.88 Å². The quantitative estimate of drug-likeness (QED) is 0.772. The first-order valence-electron chi connectivity index (χ1n) is 4.69. The van der Waals surface area contributed by atoms with Gasteiger partial charge in [-0.1, -0.05) is 28.5 Å². The van der Waals surface area contributed by atoms with Gasteiger partial charge in [0, 0.05) is 0 Å². The second-order valence-electron chi connectivity index (χ2n) is 3.28. The molecule has 3 N–H and O–H groups in total. The van der Waals surface area contributed by atoms with E-state index >= 15 is 0 Å². The Balaban J connectivity index is 2.69. The molecule has 8 nitrogen and oxygen atoms in total. The van der Waals surface area contributed by atoms with Crippen LogP contribution >= 0.6 is 0 Å². The van der Waals surface area contributed by atoms with Gasteiger partial charge >= 0.3 is 6.03 Å². The number of carbonyl (C=O) groups is 1. The highest BCUT2D eigenvalue weighted by molar-refractivity contribution is 7.91. The van der Waals surface area contributed by atoms with Crippen molar-refractivity contribution in [2.24, 2.45) is 5.73 Å². The van der Waals surface area contributed by atoms with Crippen LogP contribution < -0.4 is 5.73 Å². The van der Waals surface area contributed by atoms with Gasteiger partial charge in [0.2, 0.25) is 14.9 Å². The predicted octanol–water partition coefficient (Wildman–Crippen LogP) is -0.257. The molecule has 1 aromatic carbocycles. The van der Waals surface area contributed by atoms with Gasteiger partial charge in [0.15, 0.2) is 0 Å². The van der Waals surface area contributed by atoms with Crippen molar-refractivity contribution < 1.29 is 18.3 Å². The van der Waals surface area contributed by atoms with Gasteiger partial charge < -0.3 is 10.8 Å². The maximum absolute atomic E-state index is 12.2. The van der Waals surface area contributed by atoms with Gasteiger partial charge in [-0.3, -0.25) is 0 Å². The highest BCUT2D eigenvalue weighted by Crippen LogP contribution is 2.25.